The molecule has 0 aliphatic carbocycles. The third-order valence-electron chi connectivity index (χ3n) is 1.93. The lowest BCUT2D eigenvalue weighted by molar-refractivity contribution is 0.369. The summed E-state index contributed by atoms with van der Waals surface area (Å²) in [6.45, 7) is 0.123. The summed E-state index contributed by atoms with van der Waals surface area (Å²) in [5, 5.41) is 2.55. The van der Waals surface area contributed by atoms with Gasteiger partial charge in [0.15, 0.2) is 23.3 Å². The number of nitrogens with one attached hydrogen (secondary N) is 1. The molecule has 15 heavy (non-hydrogen) atoms. The lowest BCUT2D eigenvalue weighted by Crippen LogP contribution is -2.15. The van der Waals surface area contributed by atoms with Crippen molar-refractivity contribution in [1.82, 2.24) is 5.32 Å². The highest BCUT2D eigenvalue weighted by Crippen LogP contribution is 2.22. The third-order valence-corrected chi connectivity index (χ3v) is 1.93. The lowest BCUT2D eigenvalue weighted by atomic mass is 10.1. The maximum atomic E-state index is 13.0. The normalized spacial score (nSPS) is 10.8. The molecule has 0 unspecified atom stereocenters. The van der Waals surface area contributed by atoms with Crippen molar-refractivity contribution in [2.24, 2.45) is 0 Å². The summed E-state index contributed by atoms with van der Waals surface area (Å²) in [7, 11) is 1.51. The SMILES string of the molecule is CNCCc1c(F)c(F)c(F)c(F)c1F. The molecule has 0 saturated heterocycles. The minimum absolute atomic E-state index is 0.123. The summed E-state index contributed by atoms with van der Waals surface area (Å²) >= 11 is 0. The van der Waals surface area contributed by atoms with Crippen LogP contribution in [0.3, 0.4) is 0 Å². The highest BCUT2D eigenvalue weighted by atomic mass is 19.2. The highest BCUT2D eigenvalue weighted by molar-refractivity contribution is 5.24. The van der Waals surface area contributed by atoms with Gasteiger partial charge >= 0.3 is 0 Å². The van der Waals surface area contributed by atoms with Gasteiger partial charge in [0.2, 0.25) is 5.82 Å². The van der Waals surface area contributed by atoms with Crippen LogP contribution in [-0.4, -0.2) is 13.6 Å². The van der Waals surface area contributed by atoms with E-state index in [1.807, 2.05) is 0 Å². The quantitative estimate of drug-likeness (QED) is 0.472. The first-order valence-electron chi connectivity index (χ1n) is 4.15. The van der Waals surface area contributed by atoms with Crippen molar-refractivity contribution < 1.29 is 22.0 Å². The van der Waals surface area contributed by atoms with Gasteiger partial charge < -0.3 is 5.32 Å². The van der Waals surface area contributed by atoms with E-state index >= 15 is 0 Å². The maximum absolute atomic E-state index is 13.0. The first-order chi connectivity index (χ1) is 7.00. The molecule has 6 heteroatoms. The standard InChI is InChI=1S/C9H8F5N/c1-15-3-2-4-5(10)7(12)9(14)8(13)6(4)11/h15H,2-3H2,1H3. The van der Waals surface area contributed by atoms with E-state index in [-0.39, 0.29) is 13.0 Å². The molecule has 1 rings (SSSR count). The van der Waals surface area contributed by atoms with Crippen LogP contribution >= 0.6 is 0 Å². The van der Waals surface area contributed by atoms with Crippen LogP contribution in [0.15, 0.2) is 0 Å². The van der Waals surface area contributed by atoms with E-state index in [4.69, 9.17) is 0 Å². The second-order valence-corrected chi connectivity index (χ2v) is 2.90. The summed E-state index contributed by atoms with van der Waals surface area (Å²) in [5.74, 6) is -9.46. The van der Waals surface area contributed by atoms with Gasteiger partial charge in [-0.1, -0.05) is 0 Å². The molecule has 0 saturated carbocycles. The van der Waals surface area contributed by atoms with Gasteiger partial charge in [0.25, 0.3) is 0 Å². The molecule has 0 aliphatic heterocycles. The molecule has 0 heterocycles. The second kappa shape index (κ2) is 4.57. The molecule has 0 aliphatic rings. The number of hydrogen-bond donors (Lipinski definition) is 1. The maximum Gasteiger partial charge on any atom is 0.200 e. The van der Waals surface area contributed by atoms with E-state index in [1.54, 1.807) is 0 Å². The van der Waals surface area contributed by atoms with E-state index in [2.05, 4.69) is 5.32 Å². The Bertz CT molecular complexity index is 348. The molecule has 0 spiro atoms. The van der Waals surface area contributed by atoms with E-state index in [0.29, 0.717) is 0 Å². The van der Waals surface area contributed by atoms with Gasteiger partial charge in [-0.3, -0.25) is 0 Å². The molecule has 1 nitrogen and oxygen atoms in total. The highest BCUT2D eigenvalue weighted by Gasteiger charge is 2.24. The molecular weight excluding hydrogens is 217 g/mol. The fourth-order valence-electron chi connectivity index (χ4n) is 1.12. The van der Waals surface area contributed by atoms with Crippen LogP contribution in [0.1, 0.15) is 5.56 Å². The summed E-state index contributed by atoms with van der Waals surface area (Å²) in [5.41, 5.74) is -0.791. The Morgan fingerprint density at radius 2 is 1.20 bits per heavy atom. The van der Waals surface area contributed by atoms with Crippen molar-refractivity contribution >= 4 is 0 Å². The van der Waals surface area contributed by atoms with Crippen LogP contribution in [0.25, 0.3) is 0 Å². The fourth-order valence-corrected chi connectivity index (χ4v) is 1.12. The van der Waals surface area contributed by atoms with Gasteiger partial charge in [0, 0.05) is 5.56 Å². The van der Waals surface area contributed by atoms with Gasteiger partial charge in [0.1, 0.15) is 0 Å². The molecule has 1 aromatic rings. The van der Waals surface area contributed by atoms with E-state index in [0.717, 1.165) is 0 Å². The Labute approximate surface area is 82.9 Å². The van der Waals surface area contributed by atoms with E-state index in [9.17, 15) is 22.0 Å². The van der Waals surface area contributed by atoms with Crippen LogP contribution in [-0.2, 0) is 6.42 Å². The summed E-state index contributed by atoms with van der Waals surface area (Å²) in [6, 6.07) is 0. The van der Waals surface area contributed by atoms with Gasteiger partial charge in [-0.2, -0.15) is 0 Å². The number of rotatable bonds is 3. The Kier molecular flexibility index (Phi) is 3.62. The molecule has 84 valence electrons. The summed E-state index contributed by atoms with van der Waals surface area (Å²) < 4.78 is 63.8. The van der Waals surface area contributed by atoms with Crippen molar-refractivity contribution in [3.63, 3.8) is 0 Å². The molecule has 1 aromatic carbocycles. The summed E-state index contributed by atoms with van der Waals surface area (Å²) in [6.07, 6.45) is -0.262. The van der Waals surface area contributed by atoms with Gasteiger partial charge in [0.05, 0.1) is 0 Å². The smallest absolute Gasteiger partial charge is 0.200 e. The molecule has 0 radical (unpaired) electrons. The molecule has 0 fully saturated rings. The van der Waals surface area contributed by atoms with Crippen molar-refractivity contribution in [2.45, 2.75) is 6.42 Å². The number of likely N-dealkylation sites (N-methyl/N-ethyl adjacent to an activating group) is 1. The zero-order valence-electron chi connectivity index (χ0n) is 7.80. The predicted molar refractivity (Wildman–Crippen MR) is 43.9 cm³/mol. The van der Waals surface area contributed by atoms with Gasteiger partial charge in [-0.05, 0) is 20.0 Å². The molecule has 0 atom stereocenters. The van der Waals surface area contributed by atoms with Gasteiger partial charge in [-0.15, -0.1) is 0 Å². The monoisotopic (exact) mass is 225 g/mol. The zero-order chi connectivity index (χ0) is 11.6. The number of benzene rings is 1. The zero-order valence-corrected chi connectivity index (χ0v) is 7.80. The van der Waals surface area contributed by atoms with E-state index in [1.165, 1.54) is 7.05 Å². The van der Waals surface area contributed by atoms with Crippen LogP contribution in [0.5, 0.6) is 0 Å². The van der Waals surface area contributed by atoms with Crippen LogP contribution < -0.4 is 5.32 Å². The molecule has 0 aromatic heterocycles. The lowest BCUT2D eigenvalue weighted by Gasteiger charge is -2.07. The average Bonchev–Trinajstić information content (AvgIpc) is 2.24. The average molecular weight is 225 g/mol. The first-order valence-corrected chi connectivity index (χ1v) is 4.15. The van der Waals surface area contributed by atoms with Crippen LogP contribution in [0.2, 0.25) is 0 Å². The van der Waals surface area contributed by atoms with Crippen LogP contribution in [0, 0.1) is 29.1 Å². The molecule has 0 bridgehead atoms. The Morgan fingerprint density at radius 3 is 1.60 bits per heavy atom. The second-order valence-electron chi connectivity index (χ2n) is 2.90. The van der Waals surface area contributed by atoms with Gasteiger partial charge in [-0.25, -0.2) is 22.0 Å². The number of halogens is 5. The fraction of sp³-hybridized carbons (Fsp3) is 0.333. The summed E-state index contributed by atoms with van der Waals surface area (Å²) in [4.78, 5) is 0. The molecular formula is C9H8F5N. The first kappa shape index (κ1) is 11.9. The molecule has 1 N–H and O–H groups in total. The minimum atomic E-state index is -2.13. The van der Waals surface area contributed by atoms with Crippen molar-refractivity contribution in [1.29, 1.82) is 0 Å². The Hall–Kier alpha value is -1.17. The van der Waals surface area contributed by atoms with Crippen LogP contribution in [0.4, 0.5) is 22.0 Å². The molecule has 0 amide bonds. The van der Waals surface area contributed by atoms with Crippen molar-refractivity contribution in [2.75, 3.05) is 13.6 Å². The van der Waals surface area contributed by atoms with Crippen molar-refractivity contribution in [3.05, 3.63) is 34.6 Å². The van der Waals surface area contributed by atoms with Crippen molar-refractivity contribution in [3.8, 4) is 0 Å². The Balaban J connectivity index is 3.26. The number of hydrogen-bond acceptors (Lipinski definition) is 1. The van der Waals surface area contributed by atoms with E-state index < -0.39 is 34.6 Å². The third kappa shape index (κ3) is 2.09. The topological polar surface area (TPSA) is 12.0 Å². The minimum Gasteiger partial charge on any atom is -0.319 e. The largest absolute Gasteiger partial charge is 0.319 e. The predicted octanol–water partition coefficient (Wildman–Crippen LogP) is 2.14. The Morgan fingerprint density at radius 1 is 0.800 bits per heavy atom.